The summed E-state index contributed by atoms with van der Waals surface area (Å²) in [4.78, 5) is 4.71. The van der Waals surface area contributed by atoms with E-state index in [0.29, 0.717) is 6.04 Å². The second kappa shape index (κ2) is 7.38. The number of rotatable bonds is 6. The zero-order chi connectivity index (χ0) is 13.8. The molecule has 1 rings (SSSR count). The van der Waals surface area contributed by atoms with Crippen LogP contribution in [0.5, 0.6) is 0 Å². The molecule has 2 N–H and O–H groups in total. The molecule has 1 aliphatic heterocycles. The van der Waals surface area contributed by atoms with E-state index in [2.05, 4.69) is 53.3 Å². The maximum absolute atomic E-state index is 6.11. The van der Waals surface area contributed by atoms with Crippen LogP contribution in [0.3, 0.4) is 0 Å². The predicted molar refractivity (Wildman–Crippen MR) is 85.2 cm³/mol. The van der Waals surface area contributed by atoms with E-state index in [0.717, 1.165) is 37.1 Å². The summed E-state index contributed by atoms with van der Waals surface area (Å²) in [7, 11) is 2.08. The fourth-order valence-electron chi connectivity index (χ4n) is 2.20. The van der Waals surface area contributed by atoms with Gasteiger partial charge in [0.05, 0.1) is 18.4 Å². The third-order valence-electron chi connectivity index (χ3n) is 3.87. The van der Waals surface area contributed by atoms with Crippen LogP contribution in [0.15, 0.2) is 0 Å². The Morgan fingerprint density at radius 2 is 2.11 bits per heavy atom. The molecule has 0 aromatic carbocycles. The van der Waals surface area contributed by atoms with E-state index in [1.807, 2.05) is 6.92 Å². The van der Waals surface area contributed by atoms with Gasteiger partial charge in [0.15, 0.2) is 0 Å². The van der Waals surface area contributed by atoms with E-state index in [1.165, 1.54) is 0 Å². The largest absolute Gasteiger partial charge is 0.371 e. The fourth-order valence-corrected chi connectivity index (χ4v) is 3.04. The third kappa shape index (κ3) is 4.59. The minimum Gasteiger partial charge on any atom is -0.371 e. The molecule has 1 aliphatic rings. The standard InChI is InChI=1S/C13H28IN3O/c1-11(2)17-7-8-18-13(9-14,10-17)5-6-16(4)12(3)15/h11-12H,5-10,15H2,1-4H3. The van der Waals surface area contributed by atoms with Gasteiger partial charge in [-0.15, -0.1) is 0 Å². The van der Waals surface area contributed by atoms with Crippen LogP contribution in [-0.2, 0) is 4.74 Å². The summed E-state index contributed by atoms with van der Waals surface area (Å²) in [5, 5.41) is 0. The Kier molecular flexibility index (Phi) is 6.81. The molecule has 2 unspecified atom stereocenters. The molecule has 0 aliphatic carbocycles. The molecule has 108 valence electrons. The van der Waals surface area contributed by atoms with Crippen molar-refractivity contribution >= 4 is 22.6 Å². The van der Waals surface area contributed by atoms with E-state index < -0.39 is 0 Å². The lowest BCUT2D eigenvalue weighted by molar-refractivity contribution is -0.107. The van der Waals surface area contributed by atoms with Crippen LogP contribution < -0.4 is 5.73 Å². The Balaban J connectivity index is 2.56. The molecule has 0 aromatic heterocycles. The van der Waals surface area contributed by atoms with Crippen molar-refractivity contribution in [2.45, 2.75) is 45.0 Å². The van der Waals surface area contributed by atoms with Crippen LogP contribution in [0, 0.1) is 0 Å². The molecule has 0 spiro atoms. The van der Waals surface area contributed by atoms with Crippen LogP contribution in [0.2, 0.25) is 0 Å². The molecule has 1 fully saturated rings. The molecule has 0 bridgehead atoms. The number of morpholine rings is 1. The zero-order valence-electron chi connectivity index (χ0n) is 12.2. The number of nitrogens with two attached hydrogens (primary N) is 1. The maximum atomic E-state index is 6.11. The summed E-state index contributed by atoms with van der Waals surface area (Å²) in [6.07, 6.45) is 1.16. The van der Waals surface area contributed by atoms with Crippen LogP contribution in [-0.4, -0.2) is 65.3 Å². The summed E-state index contributed by atoms with van der Waals surface area (Å²) >= 11 is 2.46. The van der Waals surface area contributed by atoms with Gasteiger partial charge in [-0.1, -0.05) is 22.6 Å². The summed E-state index contributed by atoms with van der Waals surface area (Å²) in [6.45, 7) is 10.5. The highest BCUT2D eigenvalue weighted by Crippen LogP contribution is 2.26. The van der Waals surface area contributed by atoms with Gasteiger partial charge in [0.2, 0.25) is 0 Å². The van der Waals surface area contributed by atoms with E-state index in [1.54, 1.807) is 0 Å². The first-order valence-electron chi connectivity index (χ1n) is 6.80. The average molecular weight is 369 g/mol. The lowest BCUT2D eigenvalue weighted by atomic mass is 9.98. The minimum atomic E-state index is 0.00618. The predicted octanol–water partition coefficient (Wildman–Crippen LogP) is 1.53. The first-order valence-corrected chi connectivity index (χ1v) is 8.32. The Bertz CT molecular complexity index is 250. The third-order valence-corrected chi connectivity index (χ3v) is 5.26. The normalized spacial score (nSPS) is 28.0. The lowest BCUT2D eigenvalue weighted by Crippen LogP contribution is -2.56. The second-order valence-corrected chi connectivity index (χ2v) is 6.46. The molecule has 5 heteroatoms. The Morgan fingerprint density at radius 3 is 2.61 bits per heavy atom. The van der Waals surface area contributed by atoms with E-state index in [-0.39, 0.29) is 11.8 Å². The van der Waals surface area contributed by atoms with Gasteiger partial charge in [-0.2, -0.15) is 0 Å². The molecular formula is C13H28IN3O. The van der Waals surface area contributed by atoms with Gasteiger partial charge in [0, 0.05) is 30.1 Å². The van der Waals surface area contributed by atoms with Gasteiger partial charge in [-0.05, 0) is 34.2 Å². The Morgan fingerprint density at radius 1 is 1.44 bits per heavy atom. The molecule has 1 saturated heterocycles. The first kappa shape index (κ1) is 16.6. The van der Waals surface area contributed by atoms with Gasteiger partial charge in [0.25, 0.3) is 0 Å². The number of halogens is 1. The topological polar surface area (TPSA) is 41.7 Å². The highest BCUT2D eigenvalue weighted by molar-refractivity contribution is 14.1. The number of ether oxygens (including phenoxy) is 1. The number of nitrogens with zero attached hydrogens (tertiary/aromatic N) is 2. The molecule has 0 amide bonds. The minimum absolute atomic E-state index is 0.00618. The summed E-state index contributed by atoms with van der Waals surface area (Å²) in [6, 6.07) is 0.599. The number of hydrogen-bond acceptors (Lipinski definition) is 4. The molecule has 2 atom stereocenters. The lowest BCUT2D eigenvalue weighted by Gasteiger charge is -2.44. The van der Waals surface area contributed by atoms with Crippen molar-refractivity contribution in [3.05, 3.63) is 0 Å². The maximum Gasteiger partial charge on any atom is 0.0910 e. The molecule has 0 saturated carbocycles. The summed E-state index contributed by atoms with van der Waals surface area (Å²) < 4.78 is 7.15. The van der Waals surface area contributed by atoms with Crippen molar-refractivity contribution in [1.29, 1.82) is 0 Å². The van der Waals surface area contributed by atoms with Crippen LogP contribution in [0.4, 0.5) is 0 Å². The Hall–Kier alpha value is 0.570. The van der Waals surface area contributed by atoms with Crippen molar-refractivity contribution in [3.8, 4) is 0 Å². The zero-order valence-corrected chi connectivity index (χ0v) is 14.3. The van der Waals surface area contributed by atoms with Crippen LogP contribution in [0.1, 0.15) is 27.2 Å². The van der Waals surface area contributed by atoms with Crippen molar-refractivity contribution in [3.63, 3.8) is 0 Å². The molecule has 0 aromatic rings. The van der Waals surface area contributed by atoms with E-state index >= 15 is 0 Å². The Labute approximate surface area is 125 Å². The quantitative estimate of drug-likeness (QED) is 0.438. The van der Waals surface area contributed by atoms with Crippen molar-refractivity contribution in [2.24, 2.45) is 5.73 Å². The fraction of sp³-hybridized carbons (Fsp3) is 1.00. The second-order valence-electron chi connectivity index (χ2n) is 5.70. The van der Waals surface area contributed by atoms with Gasteiger partial charge < -0.3 is 10.5 Å². The van der Waals surface area contributed by atoms with Crippen molar-refractivity contribution < 1.29 is 4.74 Å². The molecule has 18 heavy (non-hydrogen) atoms. The SMILES string of the molecule is CC(N)N(C)CCC1(CI)CN(C(C)C)CCO1. The number of hydrogen-bond donors (Lipinski definition) is 1. The van der Waals surface area contributed by atoms with Gasteiger partial charge in [0.1, 0.15) is 0 Å². The summed E-state index contributed by atoms with van der Waals surface area (Å²) in [5.41, 5.74) is 5.89. The van der Waals surface area contributed by atoms with E-state index in [9.17, 15) is 0 Å². The monoisotopic (exact) mass is 369 g/mol. The highest BCUT2D eigenvalue weighted by atomic mass is 127. The molecular weight excluding hydrogens is 341 g/mol. The van der Waals surface area contributed by atoms with E-state index in [4.69, 9.17) is 10.5 Å². The smallest absolute Gasteiger partial charge is 0.0910 e. The summed E-state index contributed by atoms with van der Waals surface area (Å²) in [5.74, 6) is 0. The first-order chi connectivity index (χ1) is 8.40. The van der Waals surface area contributed by atoms with Crippen LogP contribution >= 0.6 is 22.6 Å². The molecule has 1 heterocycles. The van der Waals surface area contributed by atoms with Crippen molar-refractivity contribution in [2.75, 3.05) is 37.7 Å². The van der Waals surface area contributed by atoms with Gasteiger partial charge >= 0.3 is 0 Å². The van der Waals surface area contributed by atoms with Gasteiger partial charge in [-0.3, -0.25) is 9.80 Å². The highest BCUT2D eigenvalue weighted by Gasteiger charge is 2.36. The van der Waals surface area contributed by atoms with Crippen molar-refractivity contribution in [1.82, 2.24) is 9.80 Å². The average Bonchev–Trinajstić information content (AvgIpc) is 2.36. The number of alkyl halides is 1. The molecule has 4 nitrogen and oxygen atoms in total. The molecule has 0 radical (unpaired) electrons. The van der Waals surface area contributed by atoms with Gasteiger partial charge in [-0.25, -0.2) is 0 Å². The van der Waals surface area contributed by atoms with Crippen LogP contribution in [0.25, 0.3) is 0 Å².